The Balaban J connectivity index is 1.80. The van der Waals surface area contributed by atoms with Gasteiger partial charge in [0.05, 0.1) is 6.04 Å². The third-order valence-electron chi connectivity index (χ3n) is 5.03. The fourth-order valence-electron chi connectivity index (χ4n) is 3.47. The SMILES string of the molecule is Cc1ccc(C(=O)N2C[C@@H]3C[C@H](N(C)C)CN3C(=O)[C@@H]2C)nc1. The predicted molar refractivity (Wildman–Crippen MR) is 87.1 cm³/mol. The molecule has 0 aliphatic carbocycles. The maximum absolute atomic E-state index is 12.8. The number of carbonyl (C=O) groups is 2. The number of rotatable bonds is 2. The Hall–Kier alpha value is -1.95. The van der Waals surface area contributed by atoms with Crippen molar-refractivity contribution in [3.05, 3.63) is 29.6 Å². The van der Waals surface area contributed by atoms with Crippen LogP contribution >= 0.6 is 0 Å². The number of hydrogen-bond acceptors (Lipinski definition) is 4. The lowest BCUT2D eigenvalue weighted by atomic mass is 10.1. The standard InChI is InChI=1S/C17H24N4O2/c1-11-5-6-15(18-8-11)17(23)20-10-14-7-13(19(3)4)9-21(14)16(22)12(20)2/h5-6,8,12-14H,7,9-10H2,1-4H3/t12-,13-,14-/m0/s1. The third kappa shape index (κ3) is 2.83. The first-order chi connectivity index (χ1) is 10.9. The van der Waals surface area contributed by atoms with E-state index >= 15 is 0 Å². The summed E-state index contributed by atoms with van der Waals surface area (Å²) in [5, 5.41) is 0. The molecule has 3 rings (SSSR count). The lowest BCUT2D eigenvalue weighted by Crippen LogP contribution is -2.60. The van der Waals surface area contributed by atoms with Gasteiger partial charge in [0, 0.05) is 25.3 Å². The van der Waals surface area contributed by atoms with Gasteiger partial charge in [-0.25, -0.2) is 0 Å². The van der Waals surface area contributed by atoms with Crippen molar-refractivity contribution in [3.63, 3.8) is 0 Å². The number of aryl methyl sites for hydroxylation is 1. The van der Waals surface area contributed by atoms with Gasteiger partial charge in [-0.05, 0) is 46.0 Å². The maximum atomic E-state index is 12.8. The van der Waals surface area contributed by atoms with Gasteiger partial charge in [-0.2, -0.15) is 0 Å². The Morgan fingerprint density at radius 2 is 2.04 bits per heavy atom. The van der Waals surface area contributed by atoms with Crippen LogP contribution < -0.4 is 0 Å². The smallest absolute Gasteiger partial charge is 0.273 e. The van der Waals surface area contributed by atoms with E-state index in [0.717, 1.165) is 18.5 Å². The summed E-state index contributed by atoms with van der Waals surface area (Å²) in [7, 11) is 4.08. The van der Waals surface area contributed by atoms with Crippen molar-refractivity contribution in [3.8, 4) is 0 Å². The van der Waals surface area contributed by atoms with Gasteiger partial charge in [0.2, 0.25) is 5.91 Å². The molecule has 2 aliphatic rings. The third-order valence-corrected chi connectivity index (χ3v) is 5.03. The van der Waals surface area contributed by atoms with Gasteiger partial charge in [-0.15, -0.1) is 0 Å². The second-order valence-corrected chi connectivity index (χ2v) is 6.85. The fourth-order valence-corrected chi connectivity index (χ4v) is 3.47. The number of likely N-dealkylation sites (N-methyl/N-ethyl adjacent to an activating group) is 1. The van der Waals surface area contributed by atoms with Gasteiger partial charge >= 0.3 is 0 Å². The Kier molecular flexibility index (Phi) is 4.10. The molecule has 3 atom stereocenters. The minimum Gasteiger partial charge on any atom is -0.335 e. The van der Waals surface area contributed by atoms with E-state index in [2.05, 4.69) is 9.88 Å². The molecule has 6 nitrogen and oxygen atoms in total. The van der Waals surface area contributed by atoms with E-state index in [9.17, 15) is 9.59 Å². The lowest BCUT2D eigenvalue weighted by molar-refractivity contribution is -0.141. The lowest BCUT2D eigenvalue weighted by Gasteiger charge is -2.41. The first-order valence-corrected chi connectivity index (χ1v) is 8.09. The van der Waals surface area contributed by atoms with E-state index in [1.807, 2.05) is 38.9 Å². The van der Waals surface area contributed by atoms with Crippen LogP contribution in [0.2, 0.25) is 0 Å². The molecule has 1 aromatic heterocycles. The topological polar surface area (TPSA) is 56.8 Å². The molecule has 0 aromatic carbocycles. The van der Waals surface area contributed by atoms with Gasteiger partial charge in [0.1, 0.15) is 11.7 Å². The highest BCUT2D eigenvalue weighted by Gasteiger charge is 2.45. The predicted octanol–water partition coefficient (Wildman–Crippen LogP) is 0.765. The van der Waals surface area contributed by atoms with Crippen LogP contribution in [0.1, 0.15) is 29.4 Å². The van der Waals surface area contributed by atoms with Crippen LogP contribution in [0.25, 0.3) is 0 Å². The number of amides is 2. The van der Waals surface area contributed by atoms with Crippen molar-refractivity contribution in [2.45, 2.75) is 38.4 Å². The average Bonchev–Trinajstić information content (AvgIpc) is 2.95. The fraction of sp³-hybridized carbons (Fsp3) is 0.588. The van der Waals surface area contributed by atoms with Gasteiger partial charge in [0.25, 0.3) is 5.91 Å². The van der Waals surface area contributed by atoms with Crippen molar-refractivity contribution in [2.75, 3.05) is 27.2 Å². The maximum Gasteiger partial charge on any atom is 0.273 e. The zero-order chi connectivity index (χ0) is 16.7. The number of carbonyl (C=O) groups excluding carboxylic acids is 2. The Labute approximate surface area is 137 Å². The van der Waals surface area contributed by atoms with Gasteiger partial charge in [-0.3, -0.25) is 14.6 Å². The van der Waals surface area contributed by atoms with Crippen LogP contribution in [0.15, 0.2) is 18.3 Å². The number of piperazine rings is 1. The van der Waals surface area contributed by atoms with E-state index in [1.165, 1.54) is 0 Å². The quantitative estimate of drug-likeness (QED) is 0.808. The molecule has 23 heavy (non-hydrogen) atoms. The van der Waals surface area contributed by atoms with E-state index < -0.39 is 6.04 Å². The number of aromatic nitrogens is 1. The molecule has 124 valence electrons. The van der Waals surface area contributed by atoms with Crippen LogP contribution in [-0.2, 0) is 4.79 Å². The molecule has 0 bridgehead atoms. The summed E-state index contributed by atoms with van der Waals surface area (Å²) in [5.74, 6) is -0.107. The number of fused-ring (bicyclic) bond motifs is 1. The normalized spacial score (nSPS) is 27.5. The van der Waals surface area contributed by atoms with Crippen molar-refractivity contribution < 1.29 is 9.59 Å². The molecule has 3 heterocycles. The summed E-state index contributed by atoms with van der Waals surface area (Å²) in [6, 6.07) is 3.66. The Morgan fingerprint density at radius 1 is 1.30 bits per heavy atom. The number of nitrogens with zero attached hydrogens (tertiary/aromatic N) is 4. The molecule has 0 N–H and O–H groups in total. The van der Waals surface area contributed by atoms with Crippen LogP contribution in [0, 0.1) is 6.92 Å². The second-order valence-electron chi connectivity index (χ2n) is 6.85. The Morgan fingerprint density at radius 3 is 2.65 bits per heavy atom. The largest absolute Gasteiger partial charge is 0.335 e. The molecule has 1 aromatic rings. The van der Waals surface area contributed by atoms with Gasteiger partial charge in [-0.1, -0.05) is 6.07 Å². The van der Waals surface area contributed by atoms with Crippen molar-refractivity contribution >= 4 is 11.8 Å². The van der Waals surface area contributed by atoms with Crippen molar-refractivity contribution in [2.24, 2.45) is 0 Å². The molecule has 2 amide bonds. The molecule has 6 heteroatoms. The summed E-state index contributed by atoms with van der Waals surface area (Å²) in [4.78, 5) is 35.4. The van der Waals surface area contributed by atoms with Crippen LogP contribution in [0.5, 0.6) is 0 Å². The zero-order valence-corrected chi connectivity index (χ0v) is 14.2. The summed E-state index contributed by atoms with van der Waals surface area (Å²) in [6.45, 7) is 5.09. The molecule has 0 spiro atoms. The van der Waals surface area contributed by atoms with E-state index in [1.54, 1.807) is 17.2 Å². The second kappa shape index (κ2) is 5.92. The molecular weight excluding hydrogens is 292 g/mol. The van der Waals surface area contributed by atoms with Crippen LogP contribution in [0.4, 0.5) is 0 Å². The summed E-state index contributed by atoms with van der Waals surface area (Å²) in [5.41, 5.74) is 1.42. The van der Waals surface area contributed by atoms with Crippen molar-refractivity contribution in [1.82, 2.24) is 19.7 Å². The summed E-state index contributed by atoms with van der Waals surface area (Å²) >= 11 is 0. The first-order valence-electron chi connectivity index (χ1n) is 8.09. The van der Waals surface area contributed by atoms with E-state index in [-0.39, 0.29) is 17.9 Å². The molecule has 2 saturated heterocycles. The molecule has 2 fully saturated rings. The molecule has 0 unspecified atom stereocenters. The zero-order valence-electron chi connectivity index (χ0n) is 14.2. The van der Waals surface area contributed by atoms with Gasteiger partial charge < -0.3 is 14.7 Å². The number of hydrogen-bond donors (Lipinski definition) is 0. The minimum absolute atomic E-state index is 0.0473. The number of pyridine rings is 1. The summed E-state index contributed by atoms with van der Waals surface area (Å²) in [6.07, 6.45) is 2.60. The summed E-state index contributed by atoms with van der Waals surface area (Å²) < 4.78 is 0. The Bertz CT molecular complexity index is 614. The molecule has 0 radical (unpaired) electrons. The first kappa shape index (κ1) is 15.9. The molecule has 2 aliphatic heterocycles. The van der Waals surface area contributed by atoms with E-state index in [0.29, 0.717) is 18.3 Å². The monoisotopic (exact) mass is 316 g/mol. The molecule has 0 saturated carbocycles. The molecular formula is C17H24N4O2. The van der Waals surface area contributed by atoms with Crippen LogP contribution in [-0.4, -0.2) is 76.8 Å². The van der Waals surface area contributed by atoms with Crippen LogP contribution in [0.3, 0.4) is 0 Å². The highest BCUT2D eigenvalue weighted by molar-refractivity contribution is 5.97. The van der Waals surface area contributed by atoms with Gasteiger partial charge in [0.15, 0.2) is 0 Å². The minimum atomic E-state index is -0.428. The highest BCUT2D eigenvalue weighted by atomic mass is 16.2. The highest BCUT2D eigenvalue weighted by Crippen LogP contribution is 2.28. The average molecular weight is 316 g/mol. The van der Waals surface area contributed by atoms with E-state index in [4.69, 9.17) is 0 Å². The van der Waals surface area contributed by atoms with Crippen molar-refractivity contribution in [1.29, 1.82) is 0 Å².